The Morgan fingerprint density at radius 3 is 2.67 bits per heavy atom. The van der Waals surface area contributed by atoms with Crippen LogP contribution in [0.1, 0.15) is 32.3 Å². The highest BCUT2D eigenvalue weighted by molar-refractivity contribution is 5.82. The number of likely N-dealkylation sites (tertiary alicyclic amines) is 1. The molecule has 1 aromatic carbocycles. The van der Waals surface area contributed by atoms with E-state index in [9.17, 15) is 10.2 Å². The second-order valence-corrected chi connectivity index (χ2v) is 6.65. The van der Waals surface area contributed by atoms with Gasteiger partial charge < -0.3 is 14.6 Å². The predicted octanol–water partition coefficient (Wildman–Crippen LogP) is 3.12. The summed E-state index contributed by atoms with van der Waals surface area (Å²) in [5.41, 5.74) is 1.31. The van der Waals surface area contributed by atoms with Crippen molar-refractivity contribution >= 4 is 11.0 Å². The van der Waals surface area contributed by atoms with E-state index in [1.807, 2.05) is 19.9 Å². The van der Waals surface area contributed by atoms with Gasteiger partial charge in [-0.2, -0.15) is 0 Å². The Morgan fingerprint density at radius 2 is 2.00 bits per heavy atom. The summed E-state index contributed by atoms with van der Waals surface area (Å²) in [6.07, 6.45) is 3.84. The number of benzene rings is 1. The lowest BCUT2D eigenvalue weighted by atomic mass is 9.83. The first kappa shape index (κ1) is 14.4. The highest BCUT2D eigenvalue weighted by atomic mass is 16.3. The van der Waals surface area contributed by atoms with Gasteiger partial charge in [-0.1, -0.05) is 0 Å². The summed E-state index contributed by atoms with van der Waals surface area (Å²) in [6, 6.07) is 5.26. The average molecular weight is 289 g/mol. The summed E-state index contributed by atoms with van der Waals surface area (Å²) in [6.45, 7) is 6.67. The van der Waals surface area contributed by atoms with Crippen LogP contribution in [0.15, 0.2) is 28.9 Å². The van der Waals surface area contributed by atoms with Crippen molar-refractivity contribution in [3.05, 3.63) is 30.0 Å². The van der Waals surface area contributed by atoms with Crippen molar-refractivity contribution in [1.29, 1.82) is 0 Å². The second kappa shape index (κ2) is 5.35. The zero-order chi connectivity index (χ0) is 15.0. The molecule has 1 fully saturated rings. The van der Waals surface area contributed by atoms with Gasteiger partial charge in [0.05, 0.1) is 11.9 Å². The number of piperidine rings is 1. The van der Waals surface area contributed by atoms with Crippen LogP contribution in [0.4, 0.5) is 0 Å². The van der Waals surface area contributed by atoms with Gasteiger partial charge in [0.1, 0.15) is 11.3 Å². The smallest absolute Gasteiger partial charge is 0.137 e. The summed E-state index contributed by atoms with van der Waals surface area (Å²) >= 11 is 0. The molecule has 21 heavy (non-hydrogen) atoms. The monoisotopic (exact) mass is 289 g/mol. The Morgan fingerprint density at radius 1 is 1.29 bits per heavy atom. The number of aromatic hydroxyl groups is 1. The van der Waals surface area contributed by atoms with Gasteiger partial charge in [0.15, 0.2) is 0 Å². The van der Waals surface area contributed by atoms with Gasteiger partial charge in [-0.05, 0) is 57.8 Å². The van der Waals surface area contributed by atoms with Crippen molar-refractivity contribution in [3.63, 3.8) is 0 Å². The van der Waals surface area contributed by atoms with Crippen LogP contribution >= 0.6 is 0 Å². The van der Waals surface area contributed by atoms with Crippen molar-refractivity contribution in [1.82, 2.24) is 4.90 Å². The molecule has 0 radical (unpaired) electrons. The molecule has 3 rings (SSSR count). The van der Waals surface area contributed by atoms with Crippen LogP contribution in [0.2, 0.25) is 0 Å². The van der Waals surface area contributed by atoms with Crippen molar-refractivity contribution in [2.45, 2.75) is 38.8 Å². The molecule has 1 saturated heterocycles. The Labute approximate surface area is 125 Å². The number of hydrogen-bond donors (Lipinski definition) is 2. The SMILES string of the molecule is CC(C)(O)C1CCN(Cc2coc3cc(O)ccc23)CC1. The number of fused-ring (bicyclic) bond motifs is 1. The van der Waals surface area contributed by atoms with E-state index >= 15 is 0 Å². The lowest BCUT2D eigenvalue weighted by Gasteiger charge is -2.37. The third-order valence-electron chi connectivity index (χ3n) is 4.62. The topological polar surface area (TPSA) is 56.8 Å². The quantitative estimate of drug-likeness (QED) is 0.911. The standard InChI is InChI=1S/C17H23NO3/c1-17(2,20)13-5-7-18(8-6-13)10-12-11-21-16-9-14(19)3-4-15(12)16/h3-4,9,11,13,19-20H,5-8,10H2,1-2H3. The van der Waals surface area contributed by atoms with E-state index in [0.29, 0.717) is 5.92 Å². The fourth-order valence-corrected chi connectivity index (χ4v) is 3.23. The van der Waals surface area contributed by atoms with Gasteiger partial charge in [0.25, 0.3) is 0 Å². The predicted molar refractivity (Wildman–Crippen MR) is 82.2 cm³/mol. The Balaban J connectivity index is 1.67. The molecular formula is C17H23NO3. The van der Waals surface area contributed by atoms with Crippen LogP contribution < -0.4 is 0 Å². The number of phenolic OH excluding ortho intramolecular Hbond substituents is 1. The number of aliphatic hydroxyl groups is 1. The molecule has 2 aromatic rings. The first-order chi connectivity index (χ1) is 9.93. The highest BCUT2D eigenvalue weighted by Crippen LogP contribution is 2.30. The van der Waals surface area contributed by atoms with Gasteiger partial charge in [0.2, 0.25) is 0 Å². The molecule has 114 valence electrons. The average Bonchev–Trinajstić information content (AvgIpc) is 2.80. The molecule has 4 heteroatoms. The van der Waals surface area contributed by atoms with Gasteiger partial charge in [-0.3, -0.25) is 4.90 Å². The van der Waals surface area contributed by atoms with E-state index in [1.165, 1.54) is 0 Å². The van der Waals surface area contributed by atoms with E-state index in [1.54, 1.807) is 18.4 Å². The maximum absolute atomic E-state index is 10.1. The van der Waals surface area contributed by atoms with Crippen molar-refractivity contribution in [2.75, 3.05) is 13.1 Å². The molecule has 0 bridgehead atoms. The highest BCUT2D eigenvalue weighted by Gasteiger charge is 2.30. The molecule has 2 N–H and O–H groups in total. The molecule has 0 amide bonds. The Hall–Kier alpha value is -1.52. The maximum atomic E-state index is 10.1. The van der Waals surface area contributed by atoms with E-state index < -0.39 is 5.60 Å². The van der Waals surface area contributed by atoms with E-state index in [4.69, 9.17) is 4.42 Å². The van der Waals surface area contributed by atoms with E-state index in [0.717, 1.165) is 49.0 Å². The summed E-state index contributed by atoms with van der Waals surface area (Å²) in [4.78, 5) is 2.40. The molecule has 2 heterocycles. The van der Waals surface area contributed by atoms with Crippen LogP contribution in [-0.4, -0.2) is 33.8 Å². The normalized spacial score (nSPS) is 18.4. The minimum atomic E-state index is -0.577. The molecule has 0 aliphatic carbocycles. The molecule has 0 spiro atoms. The summed E-state index contributed by atoms with van der Waals surface area (Å²) in [7, 11) is 0. The Kier molecular flexibility index (Phi) is 3.68. The summed E-state index contributed by atoms with van der Waals surface area (Å²) in [5.74, 6) is 0.612. The molecule has 0 saturated carbocycles. The largest absolute Gasteiger partial charge is 0.508 e. The van der Waals surface area contributed by atoms with Crippen LogP contribution in [0.5, 0.6) is 5.75 Å². The lowest BCUT2D eigenvalue weighted by molar-refractivity contribution is -0.0136. The van der Waals surface area contributed by atoms with Crippen LogP contribution in [0.3, 0.4) is 0 Å². The fraction of sp³-hybridized carbons (Fsp3) is 0.529. The minimum absolute atomic E-state index is 0.231. The first-order valence-electron chi connectivity index (χ1n) is 7.57. The lowest BCUT2D eigenvalue weighted by Crippen LogP contribution is -2.41. The summed E-state index contributed by atoms with van der Waals surface area (Å²) in [5, 5.41) is 20.6. The van der Waals surface area contributed by atoms with Gasteiger partial charge in [-0.15, -0.1) is 0 Å². The Bertz CT molecular complexity index is 618. The van der Waals surface area contributed by atoms with Crippen molar-refractivity contribution in [2.24, 2.45) is 5.92 Å². The first-order valence-corrected chi connectivity index (χ1v) is 7.57. The molecule has 0 unspecified atom stereocenters. The molecular weight excluding hydrogens is 266 g/mol. The number of furan rings is 1. The molecule has 0 atom stereocenters. The zero-order valence-electron chi connectivity index (χ0n) is 12.7. The molecule has 4 nitrogen and oxygen atoms in total. The number of rotatable bonds is 3. The van der Waals surface area contributed by atoms with E-state index in [-0.39, 0.29) is 5.75 Å². The van der Waals surface area contributed by atoms with Crippen LogP contribution in [-0.2, 0) is 6.54 Å². The van der Waals surface area contributed by atoms with Gasteiger partial charge in [-0.25, -0.2) is 0 Å². The second-order valence-electron chi connectivity index (χ2n) is 6.65. The third kappa shape index (κ3) is 3.06. The number of nitrogens with zero attached hydrogens (tertiary/aromatic N) is 1. The molecule has 1 aliphatic heterocycles. The van der Waals surface area contributed by atoms with Crippen molar-refractivity contribution in [3.8, 4) is 5.75 Å². The van der Waals surface area contributed by atoms with Crippen LogP contribution in [0, 0.1) is 5.92 Å². The van der Waals surface area contributed by atoms with Gasteiger partial charge in [0, 0.05) is 23.6 Å². The zero-order valence-corrected chi connectivity index (χ0v) is 12.7. The molecule has 1 aliphatic rings. The number of hydrogen-bond acceptors (Lipinski definition) is 4. The van der Waals surface area contributed by atoms with Crippen molar-refractivity contribution < 1.29 is 14.6 Å². The van der Waals surface area contributed by atoms with E-state index in [2.05, 4.69) is 4.90 Å². The fourth-order valence-electron chi connectivity index (χ4n) is 3.23. The summed E-state index contributed by atoms with van der Waals surface area (Å²) < 4.78 is 5.52. The maximum Gasteiger partial charge on any atom is 0.137 e. The number of phenols is 1. The molecule has 1 aromatic heterocycles. The van der Waals surface area contributed by atoms with Crippen LogP contribution in [0.25, 0.3) is 11.0 Å². The van der Waals surface area contributed by atoms with Gasteiger partial charge >= 0.3 is 0 Å². The minimum Gasteiger partial charge on any atom is -0.508 e. The third-order valence-corrected chi connectivity index (χ3v) is 4.62.